The van der Waals surface area contributed by atoms with Gasteiger partial charge in [-0.2, -0.15) is 0 Å². The van der Waals surface area contributed by atoms with E-state index in [1.165, 1.54) is 13.2 Å². The number of hydrogen-bond donors (Lipinski definition) is 1. The topological polar surface area (TPSA) is 81.9 Å². The molecule has 21 heavy (non-hydrogen) atoms. The Labute approximate surface area is 123 Å². The number of nitrogen functional groups attached to an aromatic ring is 1. The fraction of sp³-hybridized carbons (Fsp3) is 0.467. The number of likely N-dealkylation sites (tertiary alicyclic amines) is 1. The number of methoxy groups -OCH3 is 1. The standard InChI is InChI=1S/C15H20N2O4/c1-10(14(18)17-7-3-4-8-17)21-13-6-5-11(16)9-12(13)15(19)20-2/h5-6,9-10H,3-4,7-8,16H2,1-2H3. The SMILES string of the molecule is COC(=O)c1cc(N)ccc1OC(C)C(=O)N1CCCC1. The molecule has 1 fully saturated rings. The Morgan fingerprint density at radius 3 is 2.57 bits per heavy atom. The van der Waals surface area contributed by atoms with Gasteiger partial charge >= 0.3 is 5.97 Å². The number of carbonyl (C=O) groups is 2. The molecule has 2 rings (SSSR count). The molecule has 1 aliphatic rings. The number of nitrogens with zero attached hydrogens (tertiary/aromatic N) is 1. The second-order valence-electron chi connectivity index (χ2n) is 5.04. The van der Waals surface area contributed by atoms with E-state index < -0.39 is 12.1 Å². The van der Waals surface area contributed by atoms with E-state index in [4.69, 9.17) is 15.2 Å². The summed E-state index contributed by atoms with van der Waals surface area (Å²) in [6.45, 7) is 3.20. The van der Waals surface area contributed by atoms with Crippen LogP contribution in [-0.2, 0) is 9.53 Å². The summed E-state index contributed by atoms with van der Waals surface area (Å²) in [7, 11) is 1.29. The summed E-state index contributed by atoms with van der Waals surface area (Å²) >= 11 is 0. The van der Waals surface area contributed by atoms with Gasteiger partial charge in [0.1, 0.15) is 11.3 Å². The van der Waals surface area contributed by atoms with Crippen LogP contribution < -0.4 is 10.5 Å². The van der Waals surface area contributed by atoms with E-state index in [2.05, 4.69) is 0 Å². The highest BCUT2D eigenvalue weighted by Crippen LogP contribution is 2.24. The molecule has 6 heteroatoms. The summed E-state index contributed by atoms with van der Waals surface area (Å²) < 4.78 is 10.4. The number of ether oxygens (including phenoxy) is 2. The van der Waals surface area contributed by atoms with Gasteiger partial charge in [-0.15, -0.1) is 0 Å². The zero-order valence-electron chi connectivity index (χ0n) is 12.3. The van der Waals surface area contributed by atoms with E-state index in [1.54, 1.807) is 24.0 Å². The molecule has 0 aliphatic carbocycles. The van der Waals surface area contributed by atoms with Crippen LogP contribution in [0.3, 0.4) is 0 Å². The average Bonchev–Trinajstić information content (AvgIpc) is 3.01. The fourth-order valence-corrected chi connectivity index (χ4v) is 2.36. The minimum atomic E-state index is -0.657. The van der Waals surface area contributed by atoms with Crippen molar-refractivity contribution in [2.24, 2.45) is 0 Å². The van der Waals surface area contributed by atoms with Crippen molar-refractivity contribution in [3.05, 3.63) is 23.8 Å². The second kappa shape index (κ2) is 6.47. The first-order chi connectivity index (χ1) is 10.0. The summed E-state index contributed by atoms with van der Waals surface area (Å²) in [5.41, 5.74) is 6.32. The van der Waals surface area contributed by atoms with Crippen molar-refractivity contribution in [1.82, 2.24) is 4.90 Å². The Balaban J connectivity index is 2.14. The van der Waals surface area contributed by atoms with E-state index in [-0.39, 0.29) is 11.5 Å². The molecule has 1 atom stereocenters. The zero-order valence-corrected chi connectivity index (χ0v) is 12.3. The van der Waals surface area contributed by atoms with Crippen molar-refractivity contribution in [3.8, 4) is 5.75 Å². The molecule has 1 aromatic rings. The Morgan fingerprint density at radius 1 is 1.29 bits per heavy atom. The van der Waals surface area contributed by atoms with Crippen LogP contribution in [-0.4, -0.2) is 43.1 Å². The van der Waals surface area contributed by atoms with Gasteiger partial charge in [-0.05, 0) is 38.0 Å². The van der Waals surface area contributed by atoms with Gasteiger partial charge in [0.05, 0.1) is 7.11 Å². The molecule has 0 spiro atoms. The third kappa shape index (κ3) is 3.45. The molecule has 1 aromatic carbocycles. The third-order valence-corrected chi connectivity index (χ3v) is 3.48. The van der Waals surface area contributed by atoms with Crippen LogP contribution >= 0.6 is 0 Å². The molecule has 1 amide bonds. The summed E-state index contributed by atoms with van der Waals surface area (Å²) in [5, 5.41) is 0. The largest absolute Gasteiger partial charge is 0.480 e. The lowest BCUT2D eigenvalue weighted by Gasteiger charge is -2.22. The number of esters is 1. The maximum atomic E-state index is 12.2. The lowest BCUT2D eigenvalue weighted by molar-refractivity contribution is -0.136. The van der Waals surface area contributed by atoms with Crippen LogP contribution in [0, 0.1) is 0 Å². The van der Waals surface area contributed by atoms with Gasteiger partial charge in [0.15, 0.2) is 6.10 Å². The predicted octanol–water partition coefficient (Wildman–Crippen LogP) is 1.45. The second-order valence-corrected chi connectivity index (χ2v) is 5.04. The first-order valence-electron chi connectivity index (χ1n) is 6.96. The Kier molecular flexibility index (Phi) is 4.67. The Hall–Kier alpha value is -2.24. The molecular formula is C15H20N2O4. The number of carbonyl (C=O) groups excluding carboxylic acids is 2. The molecule has 0 saturated carbocycles. The summed E-state index contributed by atoms with van der Waals surface area (Å²) in [4.78, 5) is 25.7. The van der Waals surface area contributed by atoms with Crippen molar-refractivity contribution in [2.45, 2.75) is 25.9 Å². The van der Waals surface area contributed by atoms with E-state index in [9.17, 15) is 9.59 Å². The molecule has 1 saturated heterocycles. The summed E-state index contributed by atoms with van der Waals surface area (Å²) in [5.74, 6) is -0.311. The van der Waals surface area contributed by atoms with Gasteiger partial charge < -0.3 is 20.1 Å². The number of rotatable bonds is 4. The first-order valence-corrected chi connectivity index (χ1v) is 6.96. The molecule has 0 radical (unpaired) electrons. The smallest absolute Gasteiger partial charge is 0.341 e. The number of benzene rings is 1. The van der Waals surface area contributed by atoms with Crippen LogP contribution in [0.15, 0.2) is 18.2 Å². The minimum Gasteiger partial charge on any atom is -0.480 e. The predicted molar refractivity (Wildman–Crippen MR) is 78.1 cm³/mol. The van der Waals surface area contributed by atoms with Crippen LogP contribution in [0.25, 0.3) is 0 Å². The number of anilines is 1. The third-order valence-electron chi connectivity index (χ3n) is 3.48. The molecule has 2 N–H and O–H groups in total. The number of amides is 1. The summed E-state index contributed by atoms with van der Waals surface area (Å²) in [6, 6.07) is 4.68. The molecule has 114 valence electrons. The van der Waals surface area contributed by atoms with Crippen molar-refractivity contribution in [3.63, 3.8) is 0 Å². The number of hydrogen-bond acceptors (Lipinski definition) is 5. The average molecular weight is 292 g/mol. The monoisotopic (exact) mass is 292 g/mol. The Morgan fingerprint density at radius 2 is 1.95 bits per heavy atom. The molecule has 1 aliphatic heterocycles. The van der Waals surface area contributed by atoms with Crippen LogP contribution in [0.2, 0.25) is 0 Å². The van der Waals surface area contributed by atoms with E-state index in [1.807, 2.05) is 0 Å². The van der Waals surface area contributed by atoms with E-state index >= 15 is 0 Å². The highest BCUT2D eigenvalue weighted by atomic mass is 16.5. The highest BCUT2D eigenvalue weighted by molar-refractivity contribution is 5.93. The molecule has 1 heterocycles. The molecule has 0 bridgehead atoms. The normalized spacial score (nSPS) is 15.6. The van der Waals surface area contributed by atoms with Crippen molar-refractivity contribution >= 4 is 17.6 Å². The molecular weight excluding hydrogens is 272 g/mol. The van der Waals surface area contributed by atoms with Gasteiger partial charge in [-0.25, -0.2) is 4.79 Å². The van der Waals surface area contributed by atoms with Crippen molar-refractivity contribution in [2.75, 3.05) is 25.9 Å². The van der Waals surface area contributed by atoms with Gasteiger partial charge in [0.2, 0.25) is 0 Å². The van der Waals surface area contributed by atoms with E-state index in [0.29, 0.717) is 11.4 Å². The van der Waals surface area contributed by atoms with Crippen LogP contribution in [0.4, 0.5) is 5.69 Å². The van der Waals surface area contributed by atoms with Gasteiger partial charge in [-0.1, -0.05) is 0 Å². The van der Waals surface area contributed by atoms with Gasteiger partial charge in [-0.3, -0.25) is 4.79 Å². The van der Waals surface area contributed by atoms with Crippen molar-refractivity contribution < 1.29 is 19.1 Å². The summed E-state index contributed by atoms with van der Waals surface area (Å²) in [6.07, 6.45) is 1.39. The maximum Gasteiger partial charge on any atom is 0.341 e. The van der Waals surface area contributed by atoms with Gasteiger partial charge in [0.25, 0.3) is 5.91 Å². The van der Waals surface area contributed by atoms with Crippen LogP contribution in [0.1, 0.15) is 30.1 Å². The molecule has 6 nitrogen and oxygen atoms in total. The first kappa shape index (κ1) is 15.2. The Bertz CT molecular complexity index is 538. The fourth-order valence-electron chi connectivity index (χ4n) is 2.36. The van der Waals surface area contributed by atoms with E-state index in [0.717, 1.165) is 25.9 Å². The minimum absolute atomic E-state index is 0.0693. The van der Waals surface area contributed by atoms with Crippen LogP contribution in [0.5, 0.6) is 5.75 Å². The van der Waals surface area contributed by atoms with Crippen molar-refractivity contribution in [1.29, 1.82) is 0 Å². The highest BCUT2D eigenvalue weighted by Gasteiger charge is 2.26. The quantitative estimate of drug-likeness (QED) is 0.671. The number of nitrogens with two attached hydrogens (primary N) is 1. The molecule has 0 aromatic heterocycles. The van der Waals surface area contributed by atoms with Gasteiger partial charge in [0, 0.05) is 18.8 Å². The lowest BCUT2D eigenvalue weighted by atomic mass is 10.1. The maximum absolute atomic E-state index is 12.2. The molecule has 1 unspecified atom stereocenters. The zero-order chi connectivity index (χ0) is 15.4. The lowest BCUT2D eigenvalue weighted by Crippen LogP contribution is -2.38.